The van der Waals surface area contributed by atoms with Crippen molar-refractivity contribution in [1.29, 1.82) is 0 Å². The first kappa shape index (κ1) is 17.0. The molecule has 1 aliphatic rings. The van der Waals surface area contributed by atoms with Gasteiger partial charge in [-0.05, 0) is 30.5 Å². The number of urea groups is 1. The fraction of sp³-hybridized carbons (Fsp3) is 0.300. The first-order chi connectivity index (χ1) is 12.2. The number of carbonyl (C=O) groups is 2. The molecule has 2 aromatic rings. The molecule has 25 heavy (non-hydrogen) atoms. The van der Waals surface area contributed by atoms with E-state index in [0.29, 0.717) is 19.6 Å². The van der Waals surface area contributed by atoms with E-state index in [4.69, 9.17) is 0 Å². The Kier molecular flexibility index (Phi) is 5.33. The Morgan fingerprint density at radius 2 is 1.80 bits per heavy atom. The van der Waals surface area contributed by atoms with Crippen molar-refractivity contribution in [3.8, 4) is 0 Å². The van der Waals surface area contributed by atoms with E-state index < -0.39 is 0 Å². The van der Waals surface area contributed by atoms with Crippen LogP contribution in [-0.2, 0) is 17.8 Å². The van der Waals surface area contributed by atoms with Gasteiger partial charge in [0, 0.05) is 25.3 Å². The van der Waals surface area contributed by atoms with E-state index in [1.54, 1.807) is 9.80 Å². The van der Waals surface area contributed by atoms with Crippen LogP contribution in [0.2, 0.25) is 0 Å². The summed E-state index contributed by atoms with van der Waals surface area (Å²) < 4.78 is 0. The Balaban J connectivity index is 1.55. The fourth-order valence-electron chi connectivity index (χ4n) is 3.09. The number of benzene rings is 2. The fourth-order valence-corrected chi connectivity index (χ4v) is 3.09. The number of anilines is 1. The largest absolute Gasteiger partial charge is 0.337 e. The molecule has 3 rings (SSSR count). The van der Waals surface area contributed by atoms with Crippen molar-refractivity contribution >= 4 is 17.6 Å². The van der Waals surface area contributed by atoms with E-state index >= 15 is 0 Å². The number of para-hydroxylation sites is 1. The third-order valence-corrected chi connectivity index (χ3v) is 4.47. The molecule has 0 saturated carbocycles. The predicted molar refractivity (Wildman–Crippen MR) is 98.4 cm³/mol. The maximum absolute atomic E-state index is 12.4. The molecule has 5 nitrogen and oxygen atoms in total. The highest BCUT2D eigenvalue weighted by atomic mass is 16.2. The summed E-state index contributed by atoms with van der Waals surface area (Å²) in [6.07, 6.45) is 0.854. The molecule has 0 bridgehead atoms. The summed E-state index contributed by atoms with van der Waals surface area (Å²) >= 11 is 0. The second kappa shape index (κ2) is 7.83. The van der Waals surface area contributed by atoms with Gasteiger partial charge in [-0.3, -0.25) is 9.69 Å². The number of hydrogen-bond donors (Lipinski definition) is 1. The lowest BCUT2D eigenvalue weighted by Gasteiger charge is -2.23. The van der Waals surface area contributed by atoms with Gasteiger partial charge in [-0.15, -0.1) is 0 Å². The third kappa shape index (κ3) is 3.99. The van der Waals surface area contributed by atoms with Crippen LogP contribution in [0.25, 0.3) is 0 Å². The number of carbonyl (C=O) groups excluding carboxylic acids is 2. The van der Waals surface area contributed by atoms with Crippen molar-refractivity contribution in [2.45, 2.75) is 19.9 Å². The molecule has 3 amide bonds. The number of nitrogens with zero attached hydrogens (tertiary/aromatic N) is 2. The molecular formula is C20H23N3O2. The van der Waals surface area contributed by atoms with Crippen LogP contribution in [0.15, 0.2) is 54.6 Å². The third-order valence-electron chi connectivity index (χ3n) is 4.47. The maximum Gasteiger partial charge on any atom is 0.322 e. The lowest BCUT2D eigenvalue weighted by Crippen LogP contribution is -2.45. The van der Waals surface area contributed by atoms with Crippen molar-refractivity contribution in [2.75, 3.05) is 24.5 Å². The van der Waals surface area contributed by atoms with Gasteiger partial charge < -0.3 is 10.2 Å². The quantitative estimate of drug-likeness (QED) is 0.912. The van der Waals surface area contributed by atoms with Crippen LogP contribution in [-0.4, -0.2) is 36.5 Å². The molecule has 0 unspecified atom stereocenters. The normalized spacial score (nSPS) is 12.6. The maximum atomic E-state index is 12.4. The van der Waals surface area contributed by atoms with Gasteiger partial charge in [0.2, 0.25) is 5.91 Å². The number of nitrogens with one attached hydrogen (secondary N) is 1. The second-order valence-electron chi connectivity index (χ2n) is 6.08. The van der Waals surface area contributed by atoms with Crippen molar-refractivity contribution in [1.82, 2.24) is 10.2 Å². The topological polar surface area (TPSA) is 52.7 Å². The summed E-state index contributed by atoms with van der Waals surface area (Å²) in [6, 6.07) is 17.5. The van der Waals surface area contributed by atoms with Gasteiger partial charge in [0.15, 0.2) is 0 Å². The van der Waals surface area contributed by atoms with Crippen LogP contribution in [0.3, 0.4) is 0 Å². The highest BCUT2D eigenvalue weighted by Crippen LogP contribution is 2.27. The van der Waals surface area contributed by atoms with Crippen LogP contribution in [0.1, 0.15) is 18.1 Å². The van der Waals surface area contributed by atoms with Gasteiger partial charge in [0.05, 0.1) is 6.54 Å². The molecule has 130 valence electrons. The van der Waals surface area contributed by atoms with Crippen LogP contribution in [0.5, 0.6) is 0 Å². The van der Waals surface area contributed by atoms with Crippen LogP contribution in [0.4, 0.5) is 10.5 Å². The summed E-state index contributed by atoms with van der Waals surface area (Å²) in [5.41, 5.74) is 3.19. The van der Waals surface area contributed by atoms with Crippen LogP contribution >= 0.6 is 0 Å². The molecule has 2 aromatic carbocycles. The van der Waals surface area contributed by atoms with Gasteiger partial charge in [-0.1, -0.05) is 48.5 Å². The zero-order valence-electron chi connectivity index (χ0n) is 14.4. The molecule has 0 aliphatic carbocycles. The molecule has 1 aliphatic heterocycles. The van der Waals surface area contributed by atoms with E-state index in [9.17, 15) is 9.59 Å². The lowest BCUT2D eigenvalue weighted by molar-refractivity contribution is -0.130. The average Bonchev–Trinajstić information content (AvgIpc) is 3.09. The molecular weight excluding hydrogens is 314 g/mol. The number of fused-ring (bicyclic) bond motifs is 1. The molecule has 0 aromatic heterocycles. The molecule has 1 heterocycles. The zero-order valence-corrected chi connectivity index (χ0v) is 14.4. The Morgan fingerprint density at radius 1 is 1.08 bits per heavy atom. The Bertz CT molecular complexity index is 746. The molecule has 0 spiro atoms. The van der Waals surface area contributed by atoms with Gasteiger partial charge >= 0.3 is 6.03 Å². The number of amides is 3. The van der Waals surface area contributed by atoms with Gasteiger partial charge in [-0.2, -0.15) is 0 Å². The first-order valence-corrected chi connectivity index (χ1v) is 8.64. The monoisotopic (exact) mass is 337 g/mol. The molecule has 0 radical (unpaired) electrons. The minimum Gasteiger partial charge on any atom is -0.337 e. The Hall–Kier alpha value is -2.82. The molecule has 0 fully saturated rings. The van der Waals surface area contributed by atoms with Crippen LogP contribution in [0, 0.1) is 0 Å². The number of likely N-dealkylation sites (N-methyl/N-ethyl adjacent to an activating group) is 1. The molecule has 5 heteroatoms. The molecule has 0 atom stereocenters. The standard InChI is InChI=1S/C20H23N3O2/c1-2-22(15-16-8-4-3-5-9-16)19(24)14-21-20(25)23-13-12-17-10-6-7-11-18(17)23/h3-11H,2,12-15H2,1H3,(H,21,25). The Morgan fingerprint density at radius 3 is 2.56 bits per heavy atom. The van der Waals surface area contributed by atoms with E-state index in [-0.39, 0.29) is 18.5 Å². The Labute approximate surface area is 148 Å². The zero-order chi connectivity index (χ0) is 17.6. The summed E-state index contributed by atoms with van der Waals surface area (Å²) in [4.78, 5) is 28.3. The summed E-state index contributed by atoms with van der Waals surface area (Å²) in [5.74, 6) is -0.0767. The minimum atomic E-state index is -0.214. The lowest BCUT2D eigenvalue weighted by atomic mass is 10.2. The summed E-state index contributed by atoms with van der Waals surface area (Å²) in [7, 11) is 0. The predicted octanol–water partition coefficient (Wildman–Crippen LogP) is 2.81. The second-order valence-corrected chi connectivity index (χ2v) is 6.08. The van der Waals surface area contributed by atoms with Crippen molar-refractivity contribution in [3.63, 3.8) is 0 Å². The van der Waals surface area contributed by atoms with Gasteiger partial charge in [0.25, 0.3) is 0 Å². The SMILES string of the molecule is CCN(Cc1ccccc1)C(=O)CNC(=O)N1CCc2ccccc21. The summed E-state index contributed by atoms with van der Waals surface area (Å²) in [6.45, 7) is 3.77. The minimum absolute atomic E-state index is 0.0121. The van der Waals surface area contributed by atoms with Crippen molar-refractivity contribution in [2.24, 2.45) is 0 Å². The highest BCUT2D eigenvalue weighted by Gasteiger charge is 2.24. The van der Waals surface area contributed by atoms with Gasteiger partial charge in [-0.25, -0.2) is 4.79 Å². The summed E-state index contributed by atoms with van der Waals surface area (Å²) in [5, 5.41) is 2.76. The smallest absolute Gasteiger partial charge is 0.322 e. The van der Waals surface area contributed by atoms with E-state index in [1.165, 1.54) is 5.56 Å². The van der Waals surface area contributed by atoms with Crippen LogP contribution < -0.4 is 10.2 Å². The average molecular weight is 337 g/mol. The number of hydrogen-bond acceptors (Lipinski definition) is 2. The van der Waals surface area contributed by atoms with Gasteiger partial charge in [0.1, 0.15) is 0 Å². The molecule has 1 N–H and O–H groups in total. The molecule has 0 saturated heterocycles. The van der Waals surface area contributed by atoms with Crippen molar-refractivity contribution in [3.05, 3.63) is 65.7 Å². The van der Waals surface area contributed by atoms with E-state index in [0.717, 1.165) is 17.7 Å². The van der Waals surface area contributed by atoms with E-state index in [2.05, 4.69) is 5.32 Å². The van der Waals surface area contributed by atoms with Crippen molar-refractivity contribution < 1.29 is 9.59 Å². The number of rotatable bonds is 5. The van der Waals surface area contributed by atoms with E-state index in [1.807, 2.05) is 61.5 Å². The first-order valence-electron chi connectivity index (χ1n) is 8.64. The highest BCUT2D eigenvalue weighted by molar-refractivity contribution is 5.96.